The Morgan fingerprint density at radius 3 is 2.55 bits per heavy atom. The molecule has 3 nitrogen and oxygen atoms in total. The summed E-state index contributed by atoms with van der Waals surface area (Å²) in [7, 11) is 5.83. The Balaban J connectivity index is 2.30. The number of aliphatic hydroxyl groups is 1. The van der Waals surface area contributed by atoms with E-state index >= 15 is 0 Å². The van der Waals surface area contributed by atoms with Gasteiger partial charge in [-0.05, 0) is 44.6 Å². The van der Waals surface area contributed by atoms with Crippen molar-refractivity contribution in [2.45, 2.75) is 43.6 Å². The minimum atomic E-state index is -0.575. The van der Waals surface area contributed by atoms with E-state index in [9.17, 15) is 5.11 Å². The Morgan fingerprint density at radius 2 is 1.95 bits per heavy atom. The molecule has 0 amide bonds. The molecule has 3 heteroatoms. The predicted molar refractivity (Wildman–Crippen MR) is 82.3 cm³/mol. The Labute approximate surface area is 122 Å². The normalized spacial score (nSPS) is 19.9. The van der Waals surface area contributed by atoms with Gasteiger partial charge in [0, 0.05) is 12.5 Å². The number of ether oxygens (including phenoxy) is 1. The first kappa shape index (κ1) is 15.3. The van der Waals surface area contributed by atoms with Gasteiger partial charge in [-0.3, -0.25) is 0 Å². The molecule has 0 spiro atoms. The highest BCUT2D eigenvalue weighted by atomic mass is 16.5. The van der Waals surface area contributed by atoms with Crippen LogP contribution in [0.25, 0.3) is 0 Å². The van der Waals surface area contributed by atoms with Crippen molar-refractivity contribution in [3.63, 3.8) is 0 Å². The van der Waals surface area contributed by atoms with Crippen molar-refractivity contribution >= 4 is 0 Å². The number of benzene rings is 1. The first-order valence-corrected chi connectivity index (χ1v) is 7.56. The lowest BCUT2D eigenvalue weighted by atomic mass is 9.72. The van der Waals surface area contributed by atoms with Crippen LogP contribution in [-0.4, -0.2) is 43.4 Å². The molecule has 1 fully saturated rings. The molecule has 1 aliphatic rings. The minimum Gasteiger partial charge on any atom is -0.497 e. The van der Waals surface area contributed by atoms with Crippen molar-refractivity contribution in [1.82, 2.24) is 4.90 Å². The van der Waals surface area contributed by atoms with Gasteiger partial charge in [-0.15, -0.1) is 0 Å². The molecule has 0 saturated heterocycles. The Kier molecular flexibility index (Phi) is 5.06. The number of methoxy groups -OCH3 is 1. The zero-order chi connectivity index (χ0) is 14.6. The van der Waals surface area contributed by atoms with Crippen LogP contribution in [0.4, 0.5) is 0 Å². The Hall–Kier alpha value is -1.06. The largest absolute Gasteiger partial charge is 0.497 e. The number of likely N-dealkylation sites (N-methyl/N-ethyl adjacent to an activating group) is 1. The van der Waals surface area contributed by atoms with E-state index in [4.69, 9.17) is 4.74 Å². The molecule has 2 rings (SSSR count). The quantitative estimate of drug-likeness (QED) is 0.898. The van der Waals surface area contributed by atoms with Crippen LogP contribution in [0.2, 0.25) is 0 Å². The first-order chi connectivity index (χ1) is 9.55. The van der Waals surface area contributed by atoms with Crippen LogP contribution in [0.1, 0.15) is 43.6 Å². The van der Waals surface area contributed by atoms with Crippen LogP contribution in [-0.2, 0) is 0 Å². The van der Waals surface area contributed by atoms with E-state index in [1.807, 2.05) is 12.1 Å². The van der Waals surface area contributed by atoms with Gasteiger partial charge in [0.15, 0.2) is 0 Å². The topological polar surface area (TPSA) is 32.7 Å². The van der Waals surface area contributed by atoms with Crippen molar-refractivity contribution in [3.05, 3.63) is 29.8 Å². The highest BCUT2D eigenvalue weighted by Crippen LogP contribution is 2.40. The lowest BCUT2D eigenvalue weighted by Gasteiger charge is -2.41. The van der Waals surface area contributed by atoms with Crippen molar-refractivity contribution in [3.8, 4) is 5.75 Å². The summed E-state index contributed by atoms with van der Waals surface area (Å²) in [6, 6.07) is 8.16. The standard InChI is InChI=1S/C17H27NO2/c1-18(2)13-16(17(19)10-5-4-6-11-17)14-8-7-9-15(12-14)20-3/h7-9,12,16,19H,4-6,10-11,13H2,1-3H3/t16-/m1/s1. The summed E-state index contributed by atoms with van der Waals surface area (Å²) in [5.41, 5.74) is 0.608. The highest BCUT2D eigenvalue weighted by molar-refractivity contribution is 5.33. The van der Waals surface area contributed by atoms with Crippen molar-refractivity contribution in [1.29, 1.82) is 0 Å². The maximum atomic E-state index is 11.1. The van der Waals surface area contributed by atoms with Crippen molar-refractivity contribution in [2.75, 3.05) is 27.7 Å². The van der Waals surface area contributed by atoms with E-state index in [1.54, 1.807) is 7.11 Å². The van der Waals surface area contributed by atoms with Crippen molar-refractivity contribution < 1.29 is 9.84 Å². The lowest BCUT2D eigenvalue weighted by Crippen LogP contribution is -2.42. The predicted octanol–water partition coefficient (Wildman–Crippen LogP) is 3.04. The Bertz CT molecular complexity index is 425. The zero-order valence-corrected chi connectivity index (χ0v) is 12.9. The van der Waals surface area contributed by atoms with Gasteiger partial charge in [-0.2, -0.15) is 0 Å². The fraction of sp³-hybridized carbons (Fsp3) is 0.647. The van der Waals surface area contributed by atoms with Gasteiger partial charge in [0.1, 0.15) is 5.75 Å². The molecular formula is C17H27NO2. The molecular weight excluding hydrogens is 250 g/mol. The summed E-state index contributed by atoms with van der Waals surface area (Å²) in [5.74, 6) is 1.01. The molecule has 112 valence electrons. The van der Waals surface area contributed by atoms with E-state index in [0.717, 1.165) is 38.0 Å². The SMILES string of the molecule is COc1cccc([C@@H](CN(C)C)C2(O)CCCCC2)c1. The molecule has 0 unspecified atom stereocenters. The molecule has 1 saturated carbocycles. The second kappa shape index (κ2) is 6.59. The van der Waals surface area contributed by atoms with Crippen molar-refractivity contribution in [2.24, 2.45) is 0 Å². The van der Waals surface area contributed by atoms with Crippen LogP contribution in [0, 0.1) is 0 Å². The third-order valence-electron chi connectivity index (χ3n) is 4.41. The highest BCUT2D eigenvalue weighted by Gasteiger charge is 2.38. The van der Waals surface area contributed by atoms with Crippen LogP contribution >= 0.6 is 0 Å². The third kappa shape index (κ3) is 3.53. The maximum Gasteiger partial charge on any atom is 0.119 e. The molecule has 20 heavy (non-hydrogen) atoms. The fourth-order valence-corrected chi connectivity index (χ4v) is 3.32. The van der Waals surface area contributed by atoms with E-state index in [-0.39, 0.29) is 5.92 Å². The van der Waals surface area contributed by atoms with Gasteiger partial charge >= 0.3 is 0 Å². The van der Waals surface area contributed by atoms with Crippen LogP contribution in [0.5, 0.6) is 5.75 Å². The zero-order valence-electron chi connectivity index (χ0n) is 12.9. The molecule has 1 aromatic rings. The second-order valence-electron chi connectivity index (χ2n) is 6.26. The number of nitrogens with zero attached hydrogens (tertiary/aromatic N) is 1. The van der Waals surface area contributed by atoms with E-state index in [0.29, 0.717) is 0 Å². The van der Waals surface area contributed by atoms with E-state index < -0.39 is 5.60 Å². The molecule has 0 heterocycles. The summed E-state index contributed by atoms with van der Waals surface area (Å²) in [6.07, 6.45) is 5.31. The third-order valence-corrected chi connectivity index (χ3v) is 4.41. The van der Waals surface area contributed by atoms with Gasteiger partial charge in [0.2, 0.25) is 0 Å². The molecule has 1 aromatic carbocycles. The first-order valence-electron chi connectivity index (χ1n) is 7.56. The second-order valence-corrected chi connectivity index (χ2v) is 6.26. The summed E-state index contributed by atoms with van der Waals surface area (Å²) >= 11 is 0. The molecule has 1 N–H and O–H groups in total. The molecule has 0 aromatic heterocycles. The molecule has 0 radical (unpaired) electrons. The van der Waals surface area contributed by atoms with Crippen LogP contribution in [0.15, 0.2) is 24.3 Å². The minimum absolute atomic E-state index is 0.146. The average molecular weight is 277 g/mol. The van der Waals surface area contributed by atoms with Crippen LogP contribution in [0.3, 0.4) is 0 Å². The number of hydrogen-bond donors (Lipinski definition) is 1. The fourth-order valence-electron chi connectivity index (χ4n) is 3.32. The van der Waals surface area contributed by atoms with Gasteiger partial charge in [0.05, 0.1) is 12.7 Å². The Morgan fingerprint density at radius 1 is 1.25 bits per heavy atom. The van der Waals surface area contributed by atoms with Gasteiger partial charge in [0.25, 0.3) is 0 Å². The van der Waals surface area contributed by atoms with Gasteiger partial charge in [-0.1, -0.05) is 31.4 Å². The molecule has 1 atom stereocenters. The van der Waals surface area contributed by atoms with E-state index in [1.165, 1.54) is 12.0 Å². The van der Waals surface area contributed by atoms with E-state index in [2.05, 4.69) is 31.1 Å². The molecule has 0 bridgehead atoms. The summed E-state index contributed by atoms with van der Waals surface area (Å²) in [6.45, 7) is 0.865. The van der Waals surface area contributed by atoms with Crippen LogP contribution < -0.4 is 4.74 Å². The lowest BCUT2D eigenvalue weighted by molar-refractivity contribution is -0.0277. The average Bonchev–Trinajstić information content (AvgIpc) is 2.45. The summed E-state index contributed by atoms with van der Waals surface area (Å²) < 4.78 is 5.34. The smallest absolute Gasteiger partial charge is 0.119 e. The van der Waals surface area contributed by atoms with Gasteiger partial charge < -0.3 is 14.7 Å². The summed E-state index contributed by atoms with van der Waals surface area (Å²) in [5, 5.41) is 11.1. The number of hydrogen-bond acceptors (Lipinski definition) is 3. The monoisotopic (exact) mass is 277 g/mol. The maximum absolute atomic E-state index is 11.1. The molecule has 1 aliphatic carbocycles. The number of rotatable bonds is 5. The summed E-state index contributed by atoms with van der Waals surface area (Å²) in [4.78, 5) is 2.16. The van der Waals surface area contributed by atoms with Gasteiger partial charge in [-0.25, -0.2) is 0 Å². The molecule has 0 aliphatic heterocycles.